The number of nitrogens with zero attached hydrogens (tertiary/aromatic N) is 2. The van der Waals surface area contributed by atoms with Crippen molar-refractivity contribution in [1.82, 2.24) is 20.6 Å². The van der Waals surface area contributed by atoms with E-state index in [1.165, 1.54) is 10.3 Å². The number of aromatic amines is 1. The van der Waals surface area contributed by atoms with Gasteiger partial charge in [0.1, 0.15) is 5.01 Å². The van der Waals surface area contributed by atoms with Gasteiger partial charge >= 0.3 is 0 Å². The van der Waals surface area contributed by atoms with Crippen molar-refractivity contribution < 1.29 is 0 Å². The van der Waals surface area contributed by atoms with Crippen LogP contribution in [-0.4, -0.2) is 23.0 Å². The first kappa shape index (κ1) is 14.6. The first-order chi connectivity index (χ1) is 10.7. The molecule has 6 heteroatoms. The van der Waals surface area contributed by atoms with Crippen LogP contribution >= 0.6 is 11.3 Å². The van der Waals surface area contributed by atoms with Crippen LogP contribution in [0, 0.1) is 6.92 Å². The molecule has 0 radical (unpaired) electrons. The van der Waals surface area contributed by atoms with E-state index >= 15 is 0 Å². The number of H-pyrrole nitrogens is 1. The Balaban J connectivity index is 1.56. The minimum atomic E-state index is 0.685. The number of aromatic nitrogens is 2. The average Bonchev–Trinajstić information content (AvgIpc) is 3.13. The Bertz CT molecular complexity index is 754. The van der Waals surface area contributed by atoms with Gasteiger partial charge in [0.15, 0.2) is 5.96 Å². The molecule has 0 aliphatic rings. The van der Waals surface area contributed by atoms with Crippen LogP contribution in [0.15, 0.2) is 41.5 Å². The van der Waals surface area contributed by atoms with Gasteiger partial charge in [-0.1, -0.05) is 18.2 Å². The van der Waals surface area contributed by atoms with Gasteiger partial charge in [0, 0.05) is 29.3 Å². The van der Waals surface area contributed by atoms with Gasteiger partial charge in [-0.2, -0.15) is 0 Å². The number of rotatable bonds is 4. The van der Waals surface area contributed by atoms with Crippen LogP contribution in [0.1, 0.15) is 15.6 Å². The van der Waals surface area contributed by atoms with E-state index in [1.54, 1.807) is 18.4 Å². The molecule has 22 heavy (non-hydrogen) atoms. The predicted octanol–water partition coefficient (Wildman–Crippen LogP) is 2.80. The van der Waals surface area contributed by atoms with E-state index in [4.69, 9.17) is 0 Å². The fraction of sp³-hybridized carbons (Fsp3) is 0.250. The number of benzene rings is 1. The van der Waals surface area contributed by atoms with Crippen molar-refractivity contribution in [2.24, 2.45) is 4.99 Å². The molecule has 2 heterocycles. The zero-order chi connectivity index (χ0) is 15.4. The summed E-state index contributed by atoms with van der Waals surface area (Å²) in [5, 5.41) is 8.87. The Morgan fingerprint density at radius 2 is 2.09 bits per heavy atom. The lowest BCUT2D eigenvalue weighted by Crippen LogP contribution is -2.36. The van der Waals surface area contributed by atoms with Crippen molar-refractivity contribution in [3.05, 3.63) is 52.1 Å². The maximum atomic E-state index is 4.34. The van der Waals surface area contributed by atoms with Crippen LogP contribution in [0.4, 0.5) is 0 Å². The summed E-state index contributed by atoms with van der Waals surface area (Å²) in [4.78, 5) is 13.2. The summed E-state index contributed by atoms with van der Waals surface area (Å²) in [7, 11) is 1.77. The van der Waals surface area contributed by atoms with Gasteiger partial charge in [0.2, 0.25) is 0 Å². The Hall–Kier alpha value is -2.34. The molecule has 0 amide bonds. The molecule has 0 spiro atoms. The molecule has 2 aromatic heterocycles. The van der Waals surface area contributed by atoms with Crippen molar-refractivity contribution in [2.75, 3.05) is 7.05 Å². The monoisotopic (exact) mass is 313 g/mol. The van der Waals surface area contributed by atoms with Gasteiger partial charge in [-0.15, -0.1) is 11.3 Å². The number of guanidine groups is 1. The first-order valence-corrected chi connectivity index (χ1v) is 7.98. The average molecular weight is 313 g/mol. The lowest BCUT2D eigenvalue weighted by Gasteiger charge is -2.09. The molecule has 0 bridgehead atoms. The van der Waals surface area contributed by atoms with E-state index in [0.717, 1.165) is 22.2 Å². The minimum Gasteiger partial charge on any atom is -0.357 e. The SMILES string of the molecule is CN=C(NCc1cc2ccccc2[nH]1)NCc1ncc(C)s1. The summed E-state index contributed by atoms with van der Waals surface area (Å²) in [6.07, 6.45) is 1.89. The fourth-order valence-electron chi connectivity index (χ4n) is 2.27. The molecular formula is C16H19N5S. The number of hydrogen-bond donors (Lipinski definition) is 3. The van der Waals surface area contributed by atoms with Crippen molar-refractivity contribution >= 4 is 28.2 Å². The molecule has 0 unspecified atom stereocenters. The highest BCUT2D eigenvalue weighted by Crippen LogP contribution is 2.14. The van der Waals surface area contributed by atoms with E-state index in [-0.39, 0.29) is 0 Å². The first-order valence-electron chi connectivity index (χ1n) is 7.17. The second-order valence-electron chi connectivity index (χ2n) is 5.03. The molecule has 0 aliphatic heterocycles. The third-order valence-electron chi connectivity index (χ3n) is 3.33. The van der Waals surface area contributed by atoms with Crippen LogP contribution in [0.5, 0.6) is 0 Å². The number of thiazole rings is 1. The molecule has 0 atom stereocenters. The third kappa shape index (κ3) is 3.46. The highest BCUT2D eigenvalue weighted by Gasteiger charge is 2.03. The van der Waals surface area contributed by atoms with Gasteiger partial charge in [-0.05, 0) is 24.4 Å². The Morgan fingerprint density at radius 3 is 2.82 bits per heavy atom. The lowest BCUT2D eigenvalue weighted by molar-refractivity contribution is 0.796. The molecule has 3 N–H and O–H groups in total. The van der Waals surface area contributed by atoms with E-state index in [1.807, 2.05) is 18.3 Å². The van der Waals surface area contributed by atoms with Crippen LogP contribution in [0.25, 0.3) is 10.9 Å². The molecule has 1 aromatic carbocycles. The maximum Gasteiger partial charge on any atom is 0.191 e. The van der Waals surface area contributed by atoms with E-state index in [0.29, 0.717) is 13.1 Å². The molecule has 0 saturated carbocycles. The topological polar surface area (TPSA) is 65.1 Å². The van der Waals surface area contributed by atoms with Gasteiger partial charge in [0.25, 0.3) is 0 Å². The molecule has 0 aliphatic carbocycles. The third-order valence-corrected chi connectivity index (χ3v) is 4.24. The summed E-state index contributed by atoms with van der Waals surface area (Å²) in [6, 6.07) is 10.4. The lowest BCUT2D eigenvalue weighted by atomic mass is 10.2. The van der Waals surface area contributed by atoms with Crippen molar-refractivity contribution in [2.45, 2.75) is 20.0 Å². The smallest absolute Gasteiger partial charge is 0.191 e. The Morgan fingerprint density at radius 1 is 1.27 bits per heavy atom. The molecule has 3 rings (SSSR count). The van der Waals surface area contributed by atoms with E-state index in [9.17, 15) is 0 Å². The number of para-hydroxylation sites is 1. The number of fused-ring (bicyclic) bond motifs is 1. The summed E-state index contributed by atoms with van der Waals surface area (Å²) in [6.45, 7) is 3.44. The highest BCUT2D eigenvalue weighted by molar-refractivity contribution is 7.11. The van der Waals surface area contributed by atoms with Gasteiger partial charge in [-0.25, -0.2) is 4.98 Å². The Kier molecular flexibility index (Phi) is 4.39. The summed E-state index contributed by atoms with van der Waals surface area (Å²) in [5.74, 6) is 0.770. The standard InChI is InChI=1S/C16H19N5S/c1-11-8-18-15(22-11)10-20-16(17-2)19-9-13-7-12-5-3-4-6-14(12)21-13/h3-8,21H,9-10H2,1-2H3,(H2,17,19,20). The van der Waals surface area contributed by atoms with Gasteiger partial charge in [0.05, 0.1) is 13.1 Å². The Labute approximate surface area is 133 Å². The van der Waals surface area contributed by atoms with Crippen molar-refractivity contribution in [3.63, 3.8) is 0 Å². The number of nitrogens with one attached hydrogen (secondary N) is 3. The van der Waals surface area contributed by atoms with Crippen molar-refractivity contribution in [1.29, 1.82) is 0 Å². The van der Waals surface area contributed by atoms with Crippen LogP contribution < -0.4 is 10.6 Å². The number of aliphatic imine (C=N–C) groups is 1. The number of aryl methyl sites for hydroxylation is 1. The minimum absolute atomic E-state index is 0.685. The quantitative estimate of drug-likeness (QED) is 0.512. The predicted molar refractivity (Wildman–Crippen MR) is 92.2 cm³/mol. The van der Waals surface area contributed by atoms with Gasteiger partial charge < -0.3 is 15.6 Å². The summed E-state index contributed by atoms with van der Waals surface area (Å²) >= 11 is 1.70. The van der Waals surface area contributed by atoms with Crippen LogP contribution in [0.3, 0.4) is 0 Å². The summed E-state index contributed by atoms with van der Waals surface area (Å²) < 4.78 is 0. The molecule has 0 fully saturated rings. The van der Waals surface area contributed by atoms with E-state index < -0.39 is 0 Å². The molecule has 5 nitrogen and oxygen atoms in total. The summed E-state index contributed by atoms with van der Waals surface area (Å²) in [5.41, 5.74) is 2.29. The molecule has 3 aromatic rings. The largest absolute Gasteiger partial charge is 0.357 e. The molecule has 114 valence electrons. The zero-order valence-corrected chi connectivity index (χ0v) is 13.5. The second-order valence-corrected chi connectivity index (χ2v) is 6.35. The molecule has 0 saturated heterocycles. The van der Waals surface area contributed by atoms with E-state index in [2.05, 4.69) is 50.7 Å². The zero-order valence-electron chi connectivity index (χ0n) is 12.7. The maximum absolute atomic E-state index is 4.34. The fourth-order valence-corrected chi connectivity index (χ4v) is 3.00. The second kappa shape index (κ2) is 6.62. The van der Waals surface area contributed by atoms with Crippen LogP contribution in [0.2, 0.25) is 0 Å². The number of hydrogen-bond acceptors (Lipinski definition) is 3. The van der Waals surface area contributed by atoms with Crippen molar-refractivity contribution in [3.8, 4) is 0 Å². The highest BCUT2D eigenvalue weighted by atomic mass is 32.1. The normalized spacial score (nSPS) is 11.8. The van der Waals surface area contributed by atoms with Gasteiger partial charge in [-0.3, -0.25) is 4.99 Å². The molecular weight excluding hydrogens is 294 g/mol. The van der Waals surface area contributed by atoms with Crippen LogP contribution in [-0.2, 0) is 13.1 Å².